The van der Waals surface area contributed by atoms with Crippen LogP contribution < -0.4 is 0 Å². The summed E-state index contributed by atoms with van der Waals surface area (Å²) in [5, 5.41) is 16.0. The van der Waals surface area contributed by atoms with Crippen molar-refractivity contribution in [3.8, 4) is 136 Å². The minimum Gasteiger partial charge on any atom is -0.518 e. The molecule has 0 N–H and O–H groups in total. The zero-order chi connectivity index (χ0) is 97.6. The van der Waals surface area contributed by atoms with Gasteiger partial charge in [0.05, 0.1) is 179 Å². The van der Waals surface area contributed by atoms with Crippen molar-refractivity contribution < 1.29 is 179 Å². The van der Waals surface area contributed by atoms with Gasteiger partial charge in [0, 0.05) is 154 Å². The first-order valence-electron chi connectivity index (χ1n) is 44.6. The van der Waals surface area contributed by atoms with E-state index in [0.717, 1.165) is 232 Å². The SMILES string of the molecule is Cn1[c-]nc(-c2coc3cc4coc(-c5cn(C)cn5)c4[c-]c23)c1.Cn1[c-]nc(-c2coc3cc4coc(-c5cn(C)cn5)c4[c-]c23)c1.Cn1[c-]nc(-c2coc3cc4coc(-c5cn(C)cn5)c4[c-]c23)c1.Cn1[c-]nc(-c2occ3cc4occ(-c5cn(C)cn5)c4[c-]c23)c1.Cn1[c-]nc(-c2occ3cc4occ(-c5cn(C)cn5)c4[c-]c23)c1.Cn1[c-]nc(-c2occ3cc4occ(-c5cn(C)cn5)c4[c-]c23)c1.[Pt+2].[Pt+2].[Pt+2].[Pt+2].[Pt+2].[Pt+2]. The van der Waals surface area contributed by atoms with Gasteiger partial charge in [0.2, 0.25) is 0 Å². The van der Waals surface area contributed by atoms with Gasteiger partial charge in [0.1, 0.15) is 0 Å². The summed E-state index contributed by atoms with van der Waals surface area (Å²) in [6, 6.07) is 32.2. The van der Waals surface area contributed by atoms with Gasteiger partial charge in [-0.3, -0.25) is 0 Å². The Bertz CT molecular complexity index is 8090. The molecule has 30 rings (SSSR count). The standard InChI is InChI=1S/6C18H12N4O2.6Pt/c6*1-21-5-15(19-9-21)14-8-23-17-3-11-7-24-18(12(11)4-13(14)17)16-6-22(2)10-20-16;;;;;;/h3*3,5-8,10H,1-2H3;3*3,5-9H,1-2H3;;;;;;/q6*-2;6*+2. The normalized spacial score (nSPS) is 11.3. The van der Waals surface area contributed by atoms with Crippen molar-refractivity contribution in [1.82, 2.24) is 115 Å². The Kier molecular flexibility index (Phi) is 28.8. The molecule has 0 unspecified atom stereocenters. The molecule has 6 aromatic carbocycles. The van der Waals surface area contributed by atoms with Gasteiger partial charge in [-0.2, -0.15) is 0 Å². The van der Waals surface area contributed by atoms with Crippen molar-refractivity contribution in [2.24, 2.45) is 84.6 Å². The van der Waals surface area contributed by atoms with Crippen LogP contribution in [0.25, 0.3) is 267 Å². The maximum atomic E-state index is 5.73. The maximum absolute atomic E-state index is 5.73. The smallest absolute Gasteiger partial charge is 0.518 e. The van der Waals surface area contributed by atoms with E-state index >= 15 is 0 Å². The number of benzene rings is 6. The number of furan rings is 12. The Morgan fingerprint density at radius 3 is 0.493 bits per heavy atom. The van der Waals surface area contributed by atoms with Crippen LogP contribution in [0.5, 0.6) is 0 Å². The molecule has 0 aliphatic heterocycles. The fourth-order valence-electron chi connectivity index (χ4n) is 17.4. The molecule has 24 aromatic heterocycles. The summed E-state index contributed by atoms with van der Waals surface area (Å²) in [6.07, 6.45) is 71.0. The molecule has 0 spiro atoms. The first-order valence-corrected chi connectivity index (χ1v) is 44.6. The largest absolute Gasteiger partial charge is 2.00 e. The molecule has 42 heteroatoms. The molecule has 0 amide bonds. The van der Waals surface area contributed by atoms with Gasteiger partial charge in [-0.05, 0) is 75.1 Å². The second-order valence-electron chi connectivity index (χ2n) is 34.9. The molecule has 30 aromatic rings. The van der Waals surface area contributed by atoms with E-state index in [1.54, 1.807) is 141 Å². The molecule has 0 radical (unpaired) electrons. The Morgan fingerprint density at radius 1 is 0.173 bits per heavy atom. The van der Waals surface area contributed by atoms with Gasteiger partial charge in [0.15, 0.2) is 0 Å². The van der Waals surface area contributed by atoms with E-state index in [9.17, 15) is 0 Å². The van der Waals surface area contributed by atoms with Crippen molar-refractivity contribution in [3.63, 3.8) is 0 Å². The monoisotopic (exact) mass is 3070 g/mol. The fourth-order valence-corrected chi connectivity index (χ4v) is 17.4. The van der Waals surface area contributed by atoms with Crippen LogP contribution in [-0.4, -0.2) is 115 Å². The third kappa shape index (κ3) is 19.3. The van der Waals surface area contributed by atoms with Crippen molar-refractivity contribution >= 4 is 130 Å². The van der Waals surface area contributed by atoms with E-state index in [1.165, 1.54) is 0 Å². The van der Waals surface area contributed by atoms with Crippen LogP contribution in [0.2, 0.25) is 0 Å². The van der Waals surface area contributed by atoms with Gasteiger partial charge in [-0.15, -0.1) is 73.6 Å². The van der Waals surface area contributed by atoms with E-state index in [2.05, 4.69) is 134 Å². The topological polar surface area (TPSA) is 372 Å². The van der Waals surface area contributed by atoms with Crippen LogP contribution in [0.3, 0.4) is 0 Å². The Labute approximate surface area is 935 Å². The average molecular weight is 3070 g/mol. The quantitative estimate of drug-likeness (QED) is 0.103. The number of rotatable bonds is 12. The van der Waals surface area contributed by atoms with Crippen LogP contribution in [0.15, 0.2) is 277 Å². The molecule has 36 nitrogen and oxygen atoms in total. The second-order valence-corrected chi connectivity index (χ2v) is 34.9. The summed E-state index contributed by atoms with van der Waals surface area (Å²) in [4.78, 5) is 51.9. The third-order valence-electron chi connectivity index (χ3n) is 24.2. The van der Waals surface area contributed by atoms with Gasteiger partial charge in [-0.1, -0.05) is 168 Å². The third-order valence-corrected chi connectivity index (χ3v) is 24.2. The molecule has 756 valence electrons. The Hall–Kier alpha value is -15.6. The second kappa shape index (κ2) is 41.9. The number of fused-ring (bicyclic) bond motifs is 12. The summed E-state index contributed by atoms with van der Waals surface area (Å²) in [5.74, 6) is 4.14. The minimum atomic E-state index is 0. The number of aryl methyl sites for hydroxylation is 12. The van der Waals surface area contributed by atoms with Crippen LogP contribution >= 0.6 is 0 Å². The predicted octanol–water partition coefficient (Wildman–Crippen LogP) is 21.5. The molecule has 150 heavy (non-hydrogen) atoms. The molecular formula is C108H72N24O12Pt6. The summed E-state index contributed by atoms with van der Waals surface area (Å²) in [6.45, 7) is 0. The summed E-state index contributed by atoms with van der Waals surface area (Å²) >= 11 is 0. The summed E-state index contributed by atoms with van der Waals surface area (Å²) < 4.78 is 90.5. The van der Waals surface area contributed by atoms with Crippen molar-refractivity contribution in [2.45, 2.75) is 0 Å². The maximum Gasteiger partial charge on any atom is 2.00 e. The number of nitrogens with zero attached hydrogens (tertiary/aromatic N) is 24. The van der Waals surface area contributed by atoms with Gasteiger partial charge in [-0.25, -0.2) is 29.9 Å². The van der Waals surface area contributed by atoms with E-state index in [-0.39, 0.29) is 126 Å². The van der Waals surface area contributed by atoms with E-state index in [0.29, 0.717) is 34.6 Å². The minimum absolute atomic E-state index is 0. The summed E-state index contributed by atoms with van der Waals surface area (Å²) in [5.41, 5.74) is 19.4. The average Bonchev–Trinajstić information content (AvgIpc) is 1.63. The van der Waals surface area contributed by atoms with Crippen LogP contribution in [0, 0.1) is 74.4 Å². The molecule has 24 heterocycles. The first-order chi connectivity index (χ1) is 70.1. The Balaban J connectivity index is 0.000000112. The predicted molar refractivity (Wildman–Crippen MR) is 528 cm³/mol. The number of imidazole rings is 12. The van der Waals surface area contributed by atoms with E-state index in [1.807, 2.05) is 223 Å². The van der Waals surface area contributed by atoms with Gasteiger partial charge >= 0.3 is 126 Å². The summed E-state index contributed by atoms with van der Waals surface area (Å²) in [7, 11) is 22.9. The zero-order valence-electron chi connectivity index (χ0n) is 80.3. The number of aromatic nitrogens is 24. The van der Waals surface area contributed by atoms with Gasteiger partial charge in [0.25, 0.3) is 0 Å². The first kappa shape index (κ1) is 103. The molecule has 0 saturated carbocycles. The molecule has 0 aliphatic carbocycles. The van der Waals surface area contributed by atoms with Crippen molar-refractivity contribution in [2.75, 3.05) is 0 Å². The molecule has 0 saturated heterocycles. The zero-order valence-corrected chi connectivity index (χ0v) is 93.9. The van der Waals surface area contributed by atoms with Gasteiger partial charge < -0.3 is 138 Å². The van der Waals surface area contributed by atoms with Crippen LogP contribution in [0.1, 0.15) is 0 Å². The molecule has 0 aliphatic rings. The molecule has 0 atom stereocenters. The van der Waals surface area contributed by atoms with Crippen molar-refractivity contribution in [3.05, 3.63) is 298 Å². The van der Waals surface area contributed by atoms with Crippen LogP contribution in [-0.2, 0) is 211 Å². The van der Waals surface area contributed by atoms with Crippen LogP contribution in [0.4, 0.5) is 0 Å². The van der Waals surface area contributed by atoms with E-state index < -0.39 is 0 Å². The Morgan fingerprint density at radius 2 is 0.333 bits per heavy atom. The molecule has 0 bridgehead atoms. The number of hydrogen-bond acceptors (Lipinski definition) is 24. The molecular weight excluding hydrogens is 3000 g/mol. The van der Waals surface area contributed by atoms with E-state index in [4.69, 9.17) is 53.0 Å². The number of hydrogen-bond donors (Lipinski definition) is 0. The fraction of sp³-hybridized carbons (Fsp3) is 0.111. The van der Waals surface area contributed by atoms with Crippen molar-refractivity contribution in [1.29, 1.82) is 0 Å². The molecule has 0 fully saturated rings.